The molecule has 3 heterocycles. The van der Waals surface area contributed by atoms with E-state index in [4.69, 9.17) is 9.47 Å². The number of piperazine rings is 2. The lowest BCUT2D eigenvalue weighted by Gasteiger charge is -2.36. The van der Waals surface area contributed by atoms with E-state index in [1.807, 2.05) is 30.0 Å². The molecule has 2 saturated heterocycles. The number of methoxy groups -OCH3 is 1. The molecule has 4 rings (SSSR count). The maximum atomic E-state index is 12.6. The molecule has 0 unspecified atom stereocenters. The topological polar surface area (TPSA) is 74.3 Å². The minimum atomic E-state index is -0.00976. The Bertz CT molecular complexity index is 924. The molecule has 2 aliphatic heterocycles. The van der Waals surface area contributed by atoms with Crippen LogP contribution in [0, 0.1) is 6.92 Å². The third kappa shape index (κ3) is 5.40. The Hall–Kier alpha value is -3.07. The number of ether oxygens (including phenoxy) is 2. The van der Waals surface area contributed by atoms with E-state index in [-0.39, 0.29) is 12.5 Å². The lowest BCUT2D eigenvalue weighted by molar-refractivity contribution is -0.133. The minimum absolute atomic E-state index is 0.00976. The lowest BCUT2D eigenvalue weighted by Crippen LogP contribution is -2.50. The summed E-state index contributed by atoms with van der Waals surface area (Å²) < 4.78 is 10.9. The van der Waals surface area contributed by atoms with Gasteiger partial charge in [0.1, 0.15) is 29.0 Å². The summed E-state index contributed by atoms with van der Waals surface area (Å²) in [6, 6.07) is 9.38. The van der Waals surface area contributed by atoms with Gasteiger partial charge in [-0.2, -0.15) is 0 Å². The van der Waals surface area contributed by atoms with Gasteiger partial charge in [-0.05, 0) is 26.1 Å². The molecule has 0 bridgehead atoms. The van der Waals surface area contributed by atoms with Gasteiger partial charge in [-0.15, -0.1) is 0 Å². The molecule has 0 radical (unpaired) electrons. The second-order valence-electron chi connectivity index (χ2n) is 8.26. The largest absolute Gasteiger partial charge is 0.497 e. The van der Waals surface area contributed by atoms with Crippen LogP contribution >= 0.6 is 0 Å². The van der Waals surface area contributed by atoms with Gasteiger partial charge < -0.3 is 29.1 Å². The monoisotopic (exact) mass is 440 g/mol. The van der Waals surface area contributed by atoms with E-state index >= 15 is 0 Å². The number of amides is 1. The van der Waals surface area contributed by atoms with Crippen molar-refractivity contribution >= 4 is 17.5 Å². The molecule has 0 aliphatic carbocycles. The Morgan fingerprint density at radius 3 is 2.12 bits per heavy atom. The zero-order valence-electron chi connectivity index (χ0n) is 19.2. The first kappa shape index (κ1) is 22.1. The molecule has 1 amide bonds. The molecule has 2 fully saturated rings. The van der Waals surface area contributed by atoms with Gasteiger partial charge in [0.15, 0.2) is 6.61 Å². The molecule has 0 spiro atoms. The molecule has 2 aromatic rings. The Labute approximate surface area is 189 Å². The Morgan fingerprint density at radius 2 is 1.50 bits per heavy atom. The third-order valence-electron chi connectivity index (χ3n) is 6.00. The van der Waals surface area contributed by atoms with Crippen LogP contribution in [-0.4, -0.2) is 98.8 Å². The number of aryl methyl sites for hydroxylation is 1. The molecule has 9 nitrogen and oxygen atoms in total. The summed E-state index contributed by atoms with van der Waals surface area (Å²) in [6.45, 7) is 8.76. The highest BCUT2D eigenvalue weighted by Gasteiger charge is 2.24. The van der Waals surface area contributed by atoms with Crippen molar-refractivity contribution in [1.29, 1.82) is 0 Å². The van der Waals surface area contributed by atoms with Crippen molar-refractivity contribution < 1.29 is 14.3 Å². The first-order valence-electron chi connectivity index (χ1n) is 11.1. The Balaban J connectivity index is 1.31. The molecule has 32 heavy (non-hydrogen) atoms. The first-order valence-corrected chi connectivity index (χ1v) is 11.1. The molecular formula is C23H32N6O3. The average Bonchev–Trinajstić information content (AvgIpc) is 2.83. The van der Waals surface area contributed by atoms with E-state index in [0.717, 1.165) is 56.7 Å². The molecule has 2 aliphatic rings. The molecule has 1 aromatic carbocycles. The number of aromatic nitrogens is 2. The average molecular weight is 441 g/mol. The molecule has 1 aromatic heterocycles. The normalized spacial score (nSPS) is 17.4. The summed E-state index contributed by atoms with van der Waals surface area (Å²) in [6.07, 6.45) is 0. The van der Waals surface area contributed by atoms with E-state index in [2.05, 4.69) is 37.8 Å². The van der Waals surface area contributed by atoms with Gasteiger partial charge in [-0.3, -0.25) is 4.79 Å². The van der Waals surface area contributed by atoms with E-state index in [1.54, 1.807) is 13.2 Å². The van der Waals surface area contributed by atoms with Crippen LogP contribution in [0.1, 0.15) is 5.82 Å². The maximum Gasteiger partial charge on any atom is 0.260 e. The number of rotatable bonds is 6. The van der Waals surface area contributed by atoms with Crippen LogP contribution in [0.2, 0.25) is 0 Å². The van der Waals surface area contributed by atoms with Crippen molar-refractivity contribution in [2.75, 3.05) is 82.9 Å². The number of nitrogens with zero attached hydrogens (tertiary/aromatic N) is 6. The van der Waals surface area contributed by atoms with Gasteiger partial charge in [-0.25, -0.2) is 9.97 Å². The number of likely N-dealkylation sites (N-methyl/N-ethyl adjacent to an activating group) is 1. The Kier molecular flexibility index (Phi) is 6.94. The fourth-order valence-electron chi connectivity index (χ4n) is 4.01. The SMILES string of the molecule is COc1cccc(OCC(=O)N2CCN(c3cc(N4CCN(C)CC4)nc(C)n3)CC2)c1. The van der Waals surface area contributed by atoms with Crippen LogP contribution in [0.4, 0.5) is 11.6 Å². The molecule has 0 saturated carbocycles. The van der Waals surface area contributed by atoms with Crippen LogP contribution in [0.3, 0.4) is 0 Å². The van der Waals surface area contributed by atoms with Gasteiger partial charge in [0.05, 0.1) is 7.11 Å². The van der Waals surface area contributed by atoms with Crippen molar-refractivity contribution in [2.45, 2.75) is 6.92 Å². The van der Waals surface area contributed by atoms with E-state index in [1.165, 1.54) is 0 Å². The number of anilines is 2. The summed E-state index contributed by atoms with van der Waals surface area (Å²) in [4.78, 5) is 30.7. The summed E-state index contributed by atoms with van der Waals surface area (Å²) in [5, 5.41) is 0. The van der Waals surface area contributed by atoms with Crippen LogP contribution in [0.5, 0.6) is 11.5 Å². The fraction of sp³-hybridized carbons (Fsp3) is 0.522. The van der Waals surface area contributed by atoms with E-state index in [9.17, 15) is 4.79 Å². The van der Waals surface area contributed by atoms with E-state index in [0.29, 0.717) is 24.6 Å². The highest BCUT2D eigenvalue weighted by atomic mass is 16.5. The van der Waals surface area contributed by atoms with Gasteiger partial charge in [0, 0.05) is 64.5 Å². The van der Waals surface area contributed by atoms with Crippen molar-refractivity contribution in [3.8, 4) is 11.5 Å². The zero-order chi connectivity index (χ0) is 22.5. The summed E-state index contributed by atoms with van der Waals surface area (Å²) in [5.74, 6) is 4.03. The molecule has 9 heteroatoms. The van der Waals surface area contributed by atoms with Crippen molar-refractivity contribution in [3.63, 3.8) is 0 Å². The molecule has 172 valence electrons. The van der Waals surface area contributed by atoms with Gasteiger partial charge in [-0.1, -0.05) is 6.07 Å². The number of hydrogen-bond acceptors (Lipinski definition) is 8. The van der Waals surface area contributed by atoms with Crippen LogP contribution in [-0.2, 0) is 4.79 Å². The van der Waals surface area contributed by atoms with Crippen molar-refractivity contribution in [2.24, 2.45) is 0 Å². The molecule has 0 N–H and O–H groups in total. The number of benzene rings is 1. The van der Waals surface area contributed by atoms with Gasteiger partial charge in [0.2, 0.25) is 0 Å². The predicted octanol–water partition coefficient (Wildman–Crippen LogP) is 1.27. The number of carbonyl (C=O) groups excluding carboxylic acids is 1. The fourth-order valence-corrected chi connectivity index (χ4v) is 4.01. The first-order chi connectivity index (χ1) is 15.5. The van der Waals surface area contributed by atoms with Crippen LogP contribution < -0.4 is 19.3 Å². The highest BCUT2D eigenvalue weighted by molar-refractivity contribution is 5.78. The lowest BCUT2D eigenvalue weighted by atomic mass is 10.3. The predicted molar refractivity (Wildman–Crippen MR) is 124 cm³/mol. The van der Waals surface area contributed by atoms with Crippen LogP contribution in [0.15, 0.2) is 30.3 Å². The quantitative estimate of drug-likeness (QED) is 0.665. The zero-order valence-corrected chi connectivity index (χ0v) is 19.2. The second-order valence-corrected chi connectivity index (χ2v) is 8.26. The highest BCUT2D eigenvalue weighted by Crippen LogP contribution is 2.22. The Morgan fingerprint density at radius 1 is 0.906 bits per heavy atom. The molecular weight excluding hydrogens is 408 g/mol. The standard InChI is InChI=1S/C23H32N6O3/c1-18-24-21(27-9-7-26(2)8-10-27)16-22(25-18)28-11-13-29(14-12-28)23(30)17-32-20-6-4-5-19(15-20)31-3/h4-6,15-16H,7-14,17H2,1-3H3. The smallest absolute Gasteiger partial charge is 0.260 e. The van der Waals surface area contributed by atoms with Gasteiger partial charge in [0.25, 0.3) is 5.91 Å². The number of carbonyl (C=O) groups is 1. The summed E-state index contributed by atoms with van der Waals surface area (Å²) >= 11 is 0. The van der Waals surface area contributed by atoms with E-state index < -0.39 is 0 Å². The molecule has 0 atom stereocenters. The summed E-state index contributed by atoms with van der Waals surface area (Å²) in [7, 11) is 3.76. The van der Waals surface area contributed by atoms with Crippen molar-refractivity contribution in [1.82, 2.24) is 19.8 Å². The minimum Gasteiger partial charge on any atom is -0.497 e. The van der Waals surface area contributed by atoms with Crippen molar-refractivity contribution in [3.05, 3.63) is 36.2 Å². The summed E-state index contributed by atoms with van der Waals surface area (Å²) in [5.41, 5.74) is 0. The third-order valence-corrected chi connectivity index (χ3v) is 6.00. The maximum absolute atomic E-state index is 12.6. The second kappa shape index (κ2) is 10.0. The number of hydrogen-bond donors (Lipinski definition) is 0. The van der Waals surface area contributed by atoms with Gasteiger partial charge >= 0.3 is 0 Å². The van der Waals surface area contributed by atoms with Crippen LogP contribution in [0.25, 0.3) is 0 Å².